The zero-order valence-electron chi connectivity index (χ0n) is 10.00. The first-order chi connectivity index (χ1) is 9.29. The lowest BCUT2D eigenvalue weighted by atomic mass is 10.0. The molecule has 6 heteroatoms. The molecule has 0 saturated carbocycles. The van der Waals surface area contributed by atoms with Gasteiger partial charge in [0.1, 0.15) is 0 Å². The number of H-pyrrole nitrogens is 1. The first-order valence-electron chi connectivity index (χ1n) is 5.79. The normalized spacial score (nSPS) is 10.8. The number of hydrogen-bond acceptors (Lipinski definition) is 5. The van der Waals surface area contributed by atoms with Gasteiger partial charge in [0.15, 0.2) is 0 Å². The van der Waals surface area contributed by atoms with Gasteiger partial charge in [0.2, 0.25) is 0 Å². The molecule has 0 unspecified atom stereocenters. The Labute approximate surface area is 108 Å². The number of aromatic nitrogens is 4. The van der Waals surface area contributed by atoms with Gasteiger partial charge >= 0.3 is 0 Å². The Hall–Kier alpha value is -2.60. The Balaban J connectivity index is 2.29. The Morgan fingerprint density at radius 1 is 1.21 bits per heavy atom. The molecule has 1 aromatic carbocycles. The molecule has 2 aromatic heterocycles. The van der Waals surface area contributed by atoms with Crippen molar-refractivity contribution >= 4 is 10.8 Å². The van der Waals surface area contributed by atoms with E-state index in [0.717, 1.165) is 16.6 Å². The summed E-state index contributed by atoms with van der Waals surface area (Å²) in [5.74, 6) is 0. The average molecular weight is 253 g/mol. The molecule has 94 valence electrons. The molecule has 0 radical (unpaired) electrons. The number of nitrogens with zero attached hydrogens (tertiary/aromatic N) is 3. The Morgan fingerprint density at radius 2 is 2.11 bits per heavy atom. The van der Waals surface area contributed by atoms with E-state index in [1.165, 1.54) is 0 Å². The van der Waals surface area contributed by atoms with E-state index in [2.05, 4.69) is 20.4 Å². The topological polar surface area (TPSA) is 97.5 Å². The lowest BCUT2D eigenvalue weighted by Crippen LogP contribution is -2.13. The fraction of sp³-hybridized carbons (Fsp3) is 0.0769. The SMILES string of the molecule is NCc1n[nH]c(=O)c2ccc(-c3cccnn3)cc12. The molecule has 0 spiro atoms. The summed E-state index contributed by atoms with van der Waals surface area (Å²) in [4.78, 5) is 11.7. The number of nitrogens with one attached hydrogen (secondary N) is 1. The molecule has 0 atom stereocenters. The lowest BCUT2D eigenvalue weighted by Gasteiger charge is -2.05. The highest BCUT2D eigenvalue weighted by molar-refractivity contribution is 5.87. The molecule has 0 bridgehead atoms. The van der Waals surface area contributed by atoms with Gasteiger partial charge in [-0.05, 0) is 24.3 Å². The molecular formula is C13H11N5O. The number of rotatable bonds is 2. The van der Waals surface area contributed by atoms with Crippen LogP contribution in [-0.4, -0.2) is 20.4 Å². The molecule has 0 aliphatic rings. The summed E-state index contributed by atoms with van der Waals surface area (Å²) in [6, 6.07) is 9.12. The molecule has 3 rings (SSSR count). The van der Waals surface area contributed by atoms with Crippen LogP contribution in [-0.2, 0) is 6.54 Å². The molecule has 6 nitrogen and oxygen atoms in total. The van der Waals surface area contributed by atoms with Crippen molar-refractivity contribution in [1.29, 1.82) is 0 Å². The van der Waals surface area contributed by atoms with Gasteiger partial charge in [-0.1, -0.05) is 6.07 Å². The number of fused-ring (bicyclic) bond motifs is 1. The molecule has 0 fully saturated rings. The lowest BCUT2D eigenvalue weighted by molar-refractivity contribution is 0.900. The van der Waals surface area contributed by atoms with E-state index in [4.69, 9.17) is 5.73 Å². The van der Waals surface area contributed by atoms with Gasteiger partial charge in [-0.15, -0.1) is 0 Å². The van der Waals surface area contributed by atoms with Crippen LogP contribution in [0.25, 0.3) is 22.0 Å². The van der Waals surface area contributed by atoms with Crippen LogP contribution in [0, 0.1) is 0 Å². The van der Waals surface area contributed by atoms with E-state index in [1.54, 1.807) is 12.3 Å². The van der Waals surface area contributed by atoms with Crippen LogP contribution >= 0.6 is 0 Å². The number of benzene rings is 1. The summed E-state index contributed by atoms with van der Waals surface area (Å²) in [7, 11) is 0. The van der Waals surface area contributed by atoms with E-state index < -0.39 is 0 Å². The molecule has 3 N–H and O–H groups in total. The molecular weight excluding hydrogens is 242 g/mol. The van der Waals surface area contributed by atoms with Crippen molar-refractivity contribution in [3.63, 3.8) is 0 Å². The molecule has 0 amide bonds. The summed E-state index contributed by atoms with van der Waals surface area (Å²) in [5, 5.41) is 15.6. The van der Waals surface area contributed by atoms with Crippen LogP contribution in [0.2, 0.25) is 0 Å². The van der Waals surface area contributed by atoms with Crippen molar-refractivity contribution in [1.82, 2.24) is 20.4 Å². The molecule has 0 aliphatic heterocycles. The Morgan fingerprint density at radius 3 is 2.84 bits per heavy atom. The van der Waals surface area contributed by atoms with Crippen molar-refractivity contribution < 1.29 is 0 Å². The predicted octanol–water partition coefficient (Wildman–Crippen LogP) is 0.839. The van der Waals surface area contributed by atoms with Crippen LogP contribution < -0.4 is 11.3 Å². The predicted molar refractivity (Wildman–Crippen MR) is 71.3 cm³/mol. The maximum atomic E-state index is 11.7. The third-order valence-electron chi connectivity index (χ3n) is 2.93. The fourth-order valence-corrected chi connectivity index (χ4v) is 1.99. The molecule has 3 aromatic rings. The van der Waals surface area contributed by atoms with Crippen LogP contribution in [0.5, 0.6) is 0 Å². The summed E-state index contributed by atoms with van der Waals surface area (Å²) >= 11 is 0. The fourth-order valence-electron chi connectivity index (χ4n) is 1.99. The largest absolute Gasteiger partial charge is 0.325 e. The van der Waals surface area contributed by atoms with Gasteiger partial charge in [0, 0.05) is 23.7 Å². The maximum absolute atomic E-state index is 11.7. The highest BCUT2D eigenvalue weighted by Crippen LogP contribution is 2.21. The monoisotopic (exact) mass is 253 g/mol. The van der Waals surface area contributed by atoms with E-state index >= 15 is 0 Å². The van der Waals surface area contributed by atoms with E-state index in [0.29, 0.717) is 11.1 Å². The first kappa shape index (κ1) is 11.5. The summed E-state index contributed by atoms with van der Waals surface area (Å²) in [5.41, 5.74) is 7.69. The zero-order chi connectivity index (χ0) is 13.2. The van der Waals surface area contributed by atoms with Gasteiger partial charge in [0.05, 0.1) is 16.8 Å². The molecule has 19 heavy (non-hydrogen) atoms. The van der Waals surface area contributed by atoms with E-state index in [9.17, 15) is 4.79 Å². The summed E-state index contributed by atoms with van der Waals surface area (Å²) in [6.45, 7) is 0.261. The van der Waals surface area contributed by atoms with E-state index in [1.807, 2.05) is 24.3 Å². The first-order valence-corrected chi connectivity index (χ1v) is 5.79. The summed E-state index contributed by atoms with van der Waals surface area (Å²) in [6.07, 6.45) is 1.61. The van der Waals surface area contributed by atoms with Gasteiger partial charge in [-0.3, -0.25) is 4.79 Å². The minimum Gasteiger partial charge on any atom is -0.325 e. The molecule has 0 saturated heterocycles. The smallest absolute Gasteiger partial charge is 0.272 e. The van der Waals surface area contributed by atoms with Gasteiger partial charge in [0.25, 0.3) is 5.56 Å². The van der Waals surface area contributed by atoms with Crippen molar-refractivity contribution in [3.8, 4) is 11.3 Å². The highest BCUT2D eigenvalue weighted by Gasteiger charge is 2.07. The van der Waals surface area contributed by atoms with Crippen LogP contribution in [0.3, 0.4) is 0 Å². The Bertz CT molecular complexity index is 782. The highest BCUT2D eigenvalue weighted by atomic mass is 16.1. The van der Waals surface area contributed by atoms with Gasteiger partial charge in [-0.2, -0.15) is 15.3 Å². The van der Waals surface area contributed by atoms with Crippen LogP contribution in [0.15, 0.2) is 41.3 Å². The van der Waals surface area contributed by atoms with Gasteiger partial charge < -0.3 is 5.73 Å². The van der Waals surface area contributed by atoms with Crippen molar-refractivity contribution in [2.45, 2.75) is 6.54 Å². The van der Waals surface area contributed by atoms with Crippen LogP contribution in [0.1, 0.15) is 5.69 Å². The molecule has 0 aliphatic carbocycles. The molecule has 2 heterocycles. The second-order valence-corrected chi connectivity index (χ2v) is 4.07. The Kier molecular flexibility index (Phi) is 2.77. The second-order valence-electron chi connectivity index (χ2n) is 4.07. The standard InChI is InChI=1S/C13H11N5O/c14-7-12-10-6-8(11-2-1-5-15-16-11)3-4-9(10)13(19)18-17-12/h1-6H,7,14H2,(H,18,19). The van der Waals surface area contributed by atoms with Gasteiger partial charge in [-0.25, -0.2) is 5.10 Å². The maximum Gasteiger partial charge on any atom is 0.272 e. The van der Waals surface area contributed by atoms with Crippen molar-refractivity contribution in [2.75, 3.05) is 0 Å². The minimum atomic E-state index is -0.224. The van der Waals surface area contributed by atoms with Crippen molar-refractivity contribution in [2.24, 2.45) is 5.73 Å². The number of nitrogens with two attached hydrogens (primary N) is 1. The van der Waals surface area contributed by atoms with Crippen molar-refractivity contribution in [3.05, 3.63) is 52.6 Å². The summed E-state index contributed by atoms with van der Waals surface area (Å²) < 4.78 is 0. The quantitative estimate of drug-likeness (QED) is 0.705. The number of hydrogen-bond donors (Lipinski definition) is 2. The minimum absolute atomic E-state index is 0.224. The average Bonchev–Trinajstić information content (AvgIpc) is 2.48. The third-order valence-corrected chi connectivity index (χ3v) is 2.93. The zero-order valence-corrected chi connectivity index (χ0v) is 10.00. The third kappa shape index (κ3) is 1.98. The van der Waals surface area contributed by atoms with E-state index in [-0.39, 0.29) is 12.1 Å². The second kappa shape index (κ2) is 4.58. The number of aromatic amines is 1. The van der Waals surface area contributed by atoms with Crippen LogP contribution in [0.4, 0.5) is 0 Å².